The van der Waals surface area contributed by atoms with Gasteiger partial charge in [0.05, 0.1) is 11.3 Å². The number of hydrogen-bond donors (Lipinski definition) is 2. The third-order valence-corrected chi connectivity index (χ3v) is 7.06. The summed E-state index contributed by atoms with van der Waals surface area (Å²) in [5.74, 6) is -0.829. The molecule has 2 aliphatic rings. The lowest BCUT2D eigenvalue weighted by atomic mass is 9.60. The summed E-state index contributed by atoms with van der Waals surface area (Å²) in [4.78, 5) is 23.6. The van der Waals surface area contributed by atoms with Crippen LogP contribution in [0, 0.1) is 34.0 Å². The summed E-state index contributed by atoms with van der Waals surface area (Å²) in [5, 5.41) is 19.4. The minimum Gasteiger partial charge on any atom is -0.481 e. The molecule has 0 aromatic carbocycles. The molecule has 0 aliphatic heterocycles. The second kappa shape index (κ2) is 7.52. The molecule has 2 saturated carbocycles. The molecule has 4 nitrogen and oxygen atoms in total. The molecule has 2 rings (SSSR count). The van der Waals surface area contributed by atoms with Crippen molar-refractivity contribution in [3.05, 3.63) is 0 Å². The Bertz CT molecular complexity index is 523. The first-order valence-electron chi connectivity index (χ1n) is 10.3. The summed E-state index contributed by atoms with van der Waals surface area (Å²) < 4.78 is 0. The highest BCUT2D eigenvalue weighted by atomic mass is 16.4. The molecule has 0 spiro atoms. The van der Waals surface area contributed by atoms with E-state index in [9.17, 15) is 19.8 Å². The highest BCUT2D eigenvalue weighted by molar-refractivity contribution is 5.75. The van der Waals surface area contributed by atoms with Gasteiger partial charge in [-0.3, -0.25) is 9.59 Å². The van der Waals surface area contributed by atoms with E-state index in [-0.39, 0.29) is 22.7 Å². The van der Waals surface area contributed by atoms with E-state index >= 15 is 0 Å². The van der Waals surface area contributed by atoms with Crippen LogP contribution in [0.3, 0.4) is 0 Å². The molecule has 0 aromatic rings. The Hall–Kier alpha value is -1.06. The highest BCUT2D eigenvalue weighted by Gasteiger charge is 2.47. The average molecular weight is 367 g/mol. The minimum atomic E-state index is -0.654. The van der Waals surface area contributed by atoms with Crippen LogP contribution >= 0.6 is 0 Å². The van der Waals surface area contributed by atoms with E-state index < -0.39 is 17.4 Å². The number of carbonyl (C=O) groups is 2. The zero-order chi connectivity index (χ0) is 19.8. The van der Waals surface area contributed by atoms with Crippen molar-refractivity contribution in [3.8, 4) is 0 Å². The monoisotopic (exact) mass is 366 g/mol. The molecule has 0 saturated heterocycles. The topological polar surface area (TPSA) is 74.6 Å². The maximum absolute atomic E-state index is 11.9. The predicted octanol–water partition coefficient (Wildman–Crippen LogP) is 5.60. The van der Waals surface area contributed by atoms with Gasteiger partial charge in [0.1, 0.15) is 0 Å². The average Bonchev–Trinajstić information content (AvgIpc) is 2.94. The molecule has 0 bridgehead atoms. The van der Waals surface area contributed by atoms with Gasteiger partial charge in [-0.1, -0.05) is 47.5 Å². The fourth-order valence-electron chi connectivity index (χ4n) is 5.98. The summed E-state index contributed by atoms with van der Waals surface area (Å²) in [6, 6.07) is 0. The molecule has 3 unspecified atom stereocenters. The van der Waals surface area contributed by atoms with Gasteiger partial charge in [-0.25, -0.2) is 0 Å². The lowest BCUT2D eigenvalue weighted by Crippen LogP contribution is -2.40. The molecule has 2 fully saturated rings. The van der Waals surface area contributed by atoms with Gasteiger partial charge in [-0.15, -0.1) is 0 Å². The van der Waals surface area contributed by atoms with Gasteiger partial charge in [0.2, 0.25) is 0 Å². The van der Waals surface area contributed by atoms with Crippen molar-refractivity contribution < 1.29 is 19.8 Å². The van der Waals surface area contributed by atoms with Crippen molar-refractivity contribution in [1.82, 2.24) is 0 Å². The zero-order valence-corrected chi connectivity index (χ0v) is 17.3. The number of carboxylic acids is 2. The number of carboxylic acid groups (broad SMARTS) is 2. The first-order chi connectivity index (χ1) is 11.9. The van der Waals surface area contributed by atoms with Crippen LogP contribution in [-0.2, 0) is 9.59 Å². The van der Waals surface area contributed by atoms with Crippen LogP contribution in [0.15, 0.2) is 0 Å². The Morgan fingerprint density at radius 1 is 1.00 bits per heavy atom. The Kier molecular flexibility index (Phi) is 6.14. The van der Waals surface area contributed by atoms with Crippen LogP contribution < -0.4 is 0 Å². The van der Waals surface area contributed by atoms with Crippen LogP contribution in [0.5, 0.6) is 0 Å². The van der Waals surface area contributed by atoms with Gasteiger partial charge in [0.25, 0.3) is 0 Å². The van der Waals surface area contributed by atoms with Gasteiger partial charge >= 0.3 is 11.9 Å². The lowest BCUT2D eigenvalue weighted by molar-refractivity contribution is -0.152. The smallest absolute Gasteiger partial charge is 0.309 e. The molecule has 2 N–H and O–H groups in total. The second-order valence-corrected chi connectivity index (χ2v) is 10.9. The Balaban J connectivity index is 2.07. The Morgan fingerprint density at radius 3 is 2.04 bits per heavy atom. The van der Waals surface area contributed by atoms with E-state index in [0.29, 0.717) is 5.92 Å². The Morgan fingerprint density at radius 2 is 1.58 bits per heavy atom. The summed E-state index contributed by atoms with van der Waals surface area (Å²) in [6.07, 6.45) is 8.06. The van der Waals surface area contributed by atoms with Crippen molar-refractivity contribution in [2.24, 2.45) is 34.0 Å². The van der Waals surface area contributed by atoms with Crippen LogP contribution in [0.2, 0.25) is 0 Å². The van der Waals surface area contributed by atoms with Crippen molar-refractivity contribution in [2.45, 2.75) is 92.4 Å². The van der Waals surface area contributed by atoms with Crippen LogP contribution in [0.4, 0.5) is 0 Å². The molecule has 3 atom stereocenters. The minimum absolute atomic E-state index is 0.0143. The lowest BCUT2D eigenvalue weighted by Gasteiger charge is -2.44. The molecular formula is C22H38O4. The summed E-state index contributed by atoms with van der Waals surface area (Å²) in [6.45, 7) is 10.9. The predicted molar refractivity (Wildman–Crippen MR) is 103 cm³/mol. The van der Waals surface area contributed by atoms with Gasteiger partial charge in [0.15, 0.2) is 0 Å². The van der Waals surface area contributed by atoms with Crippen molar-refractivity contribution in [2.75, 3.05) is 0 Å². The standard InChI is InChI=1S/C22H38O4/c1-20(2,3)17-12-15(8-9-16(17)18(23)24)13-21(4,5)14-22(19(25)26)10-6-7-11-22/h15-17H,6-14H2,1-5H3,(H,23,24)(H,25,26). The zero-order valence-electron chi connectivity index (χ0n) is 17.3. The molecule has 0 aromatic heterocycles. The summed E-state index contributed by atoms with van der Waals surface area (Å²) in [5.41, 5.74) is -0.573. The number of hydrogen-bond acceptors (Lipinski definition) is 2. The molecule has 150 valence electrons. The maximum atomic E-state index is 11.9. The third-order valence-electron chi connectivity index (χ3n) is 7.06. The van der Waals surface area contributed by atoms with Crippen LogP contribution in [0.1, 0.15) is 92.4 Å². The number of aliphatic carboxylic acids is 2. The van der Waals surface area contributed by atoms with Crippen molar-refractivity contribution in [3.63, 3.8) is 0 Å². The first-order valence-corrected chi connectivity index (χ1v) is 10.3. The van der Waals surface area contributed by atoms with Gasteiger partial charge < -0.3 is 10.2 Å². The highest BCUT2D eigenvalue weighted by Crippen LogP contribution is 2.51. The molecule has 2 aliphatic carbocycles. The second-order valence-electron chi connectivity index (χ2n) is 10.9. The fourth-order valence-corrected chi connectivity index (χ4v) is 5.98. The van der Waals surface area contributed by atoms with Gasteiger partial charge in [-0.2, -0.15) is 0 Å². The summed E-state index contributed by atoms with van der Waals surface area (Å²) >= 11 is 0. The number of rotatable bonds is 6. The van der Waals surface area contributed by atoms with Crippen LogP contribution in [-0.4, -0.2) is 22.2 Å². The molecule has 0 amide bonds. The van der Waals surface area contributed by atoms with Crippen LogP contribution in [0.25, 0.3) is 0 Å². The van der Waals surface area contributed by atoms with E-state index in [1.54, 1.807) is 0 Å². The third kappa shape index (κ3) is 4.80. The van der Waals surface area contributed by atoms with Gasteiger partial charge in [-0.05, 0) is 67.6 Å². The van der Waals surface area contributed by atoms with E-state index in [1.807, 2.05) is 0 Å². The first kappa shape index (κ1) is 21.2. The molecule has 0 radical (unpaired) electrons. The van der Waals surface area contributed by atoms with E-state index in [0.717, 1.165) is 57.8 Å². The van der Waals surface area contributed by atoms with E-state index in [1.165, 1.54) is 0 Å². The Labute approximate surface area is 158 Å². The quantitative estimate of drug-likeness (QED) is 0.641. The van der Waals surface area contributed by atoms with Crippen molar-refractivity contribution >= 4 is 11.9 Å². The van der Waals surface area contributed by atoms with E-state index in [4.69, 9.17) is 0 Å². The molecule has 4 heteroatoms. The normalized spacial score (nSPS) is 29.5. The molecule has 0 heterocycles. The SMILES string of the molecule is CC(C)(CC1CCC(C(=O)O)C(C(C)(C)C)C1)CC1(C(=O)O)CCCC1. The maximum Gasteiger partial charge on any atom is 0.309 e. The largest absolute Gasteiger partial charge is 0.481 e. The molecule has 26 heavy (non-hydrogen) atoms. The van der Waals surface area contributed by atoms with E-state index in [2.05, 4.69) is 34.6 Å². The molecular weight excluding hydrogens is 328 g/mol. The summed E-state index contributed by atoms with van der Waals surface area (Å²) in [7, 11) is 0. The van der Waals surface area contributed by atoms with Gasteiger partial charge in [0, 0.05) is 0 Å². The van der Waals surface area contributed by atoms with Crippen molar-refractivity contribution in [1.29, 1.82) is 0 Å². The fraction of sp³-hybridized carbons (Fsp3) is 0.909.